The molecule has 126 valence electrons. The van der Waals surface area contributed by atoms with Crippen molar-refractivity contribution in [2.45, 2.75) is 18.3 Å². The van der Waals surface area contributed by atoms with Crippen molar-refractivity contribution in [3.05, 3.63) is 58.5 Å². The van der Waals surface area contributed by atoms with E-state index >= 15 is 0 Å². The smallest absolute Gasteiger partial charge is 0.438 e. The van der Waals surface area contributed by atoms with Crippen LogP contribution in [0, 0.1) is 0 Å². The maximum Gasteiger partial charge on any atom is 0.438 e. The molecule has 2 aromatic rings. The fourth-order valence-electron chi connectivity index (χ4n) is 2.31. The average molecular weight is 403 g/mol. The van der Waals surface area contributed by atoms with Crippen LogP contribution in [0.4, 0.5) is 13.2 Å². The number of aliphatic hydroxyl groups is 1. The van der Waals surface area contributed by atoms with Gasteiger partial charge < -0.3 is 9.52 Å². The van der Waals surface area contributed by atoms with E-state index in [1.165, 1.54) is 12.1 Å². The van der Waals surface area contributed by atoms with E-state index in [0.29, 0.717) is 10.0 Å². The molecule has 0 bridgehead atoms. The first-order chi connectivity index (χ1) is 11.2. The number of halogens is 4. The summed E-state index contributed by atoms with van der Waals surface area (Å²) in [6, 6.07) is 8.96. The van der Waals surface area contributed by atoms with Crippen molar-refractivity contribution in [1.82, 2.24) is 5.01 Å². The number of carbonyl (C=O) groups excluding carboxylic acids is 1. The lowest BCUT2D eigenvalue weighted by Gasteiger charge is -2.31. The highest BCUT2D eigenvalue weighted by Crippen LogP contribution is 2.42. The third-order valence-corrected chi connectivity index (χ3v) is 4.01. The lowest BCUT2D eigenvalue weighted by molar-refractivity contribution is -0.297. The van der Waals surface area contributed by atoms with Crippen molar-refractivity contribution < 1.29 is 27.5 Å². The molecule has 2 heterocycles. The summed E-state index contributed by atoms with van der Waals surface area (Å²) in [7, 11) is 0. The zero-order valence-electron chi connectivity index (χ0n) is 11.9. The number of amides is 1. The fourth-order valence-corrected chi connectivity index (χ4v) is 2.71. The van der Waals surface area contributed by atoms with Gasteiger partial charge >= 0.3 is 12.1 Å². The molecule has 0 saturated heterocycles. The van der Waals surface area contributed by atoms with Crippen LogP contribution in [-0.2, 0) is 0 Å². The summed E-state index contributed by atoms with van der Waals surface area (Å²) in [5.74, 6) is -1.53. The molecule has 0 fully saturated rings. The fraction of sp³-hybridized carbons (Fsp3) is 0.200. The minimum Gasteiger partial charge on any atom is -0.459 e. The van der Waals surface area contributed by atoms with Crippen molar-refractivity contribution in [3.8, 4) is 0 Å². The molecule has 1 aromatic heterocycles. The van der Waals surface area contributed by atoms with Gasteiger partial charge in [0.25, 0.3) is 5.72 Å². The van der Waals surface area contributed by atoms with Gasteiger partial charge in [0.05, 0.1) is 18.4 Å². The topological polar surface area (TPSA) is 66.0 Å². The Balaban J connectivity index is 2.05. The molecule has 1 aliphatic heterocycles. The monoisotopic (exact) mass is 402 g/mol. The first-order valence-electron chi connectivity index (χ1n) is 6.73. The van der Waals surface area contributed by atoms with Crippen molar-refractivity contribution in [2.24, 2.45) is 5.10 Å². The third-order valence-electron chi connectivity index (χ3n) is 3.52. The van der Waals surface area contributed by atoms with Crippen LogP contribution in [0.25, 0.3) is 0 Å². The number of hydrazone groups is 1. The normalized spacial score (nSPS) is 21.0. The Hall–Kier alpha value is -2.13. The first-order valence-corrected chi connectivity index (χ1v) is 7.52. The molecule has 0 radical (unpaired) electrons. The number of carbonyl (C=O) groups is 1. The summed E-state index contributed by atoms with van der Waals surface area (Å²) in [6.07, 6.45) is -4.82. The Morgan fingerprint density at radius 2 is 2.08 bits per heavy atom. The van der Waals surface area contributed by atoms with Gasteiger partial charge in [-0.15, -0.1) is 0 Å². The average Bonchev–Trinajstić information content (AvgIpc) is 3.14. The zero-order valence-corrected chi connectivity index (χ0v) is 13.5. The highest BCUT2D eigenvalue weighted by Gasteiger charge is 2.63. The van der Waals surface area contributed by atoms with Gasteiger partial charge in [0.1, 0.15) is 0 Å². The van der Waals surface area contributed by atoms with Crippen LogP contribution >= 0.6 is 15.9 Å². The Kier molecular flexibility index (Phi) is 4.00. The molecule has 0 aliphatic carbocycles. The van der Waals surface area contributed by atoms with E-state index in [9.17, 15) is 23.1 Å². The quantitative estimate of drug-likeness (QED) is 0.835. The SMILES string of the molecule is O=C(c1ccco1)N1N=C(c2cccc(Br)c2)C[C@@]1(O)C(F)(F)F. The summed E-state index contributed by atoms with van der Waals surface area (Å²) in [5.41, 5.74) is -3.13. The number of benzene rings is 1. The molecule has 0 unspecified atom stereocenters. The van der Waals surface area contributed by atoms with E-state index in [-0.39, 0.29) is 16.5 Å². The summed E-state index contributed by atoms with van der Waals surface area (Å²) in [5, 5.41) is 13.9. The molecule has 9 heteroatoms. The second-order valence-electron chi connectivity index (χ2n) is 5.14. The Morgan fingerprint density at radius 3 is 2.67 bits per heavy atom. The summed E-state index contributed by atoms with van der Waals surface area (Å²) < 4.78 is 45.7. The number of rotatable bonds is 2. The lowest BCUT2D eigenvalue weighted by Crippen LogP contribution is -2.56. The second kappa shape index (κ2) is 5.75. The standard InChI is InChI=1S/C15H10BrF3N2O3/c16-10-4-1-3-9(7-10)11-8-14(23,15(17,18)19)21(20-11)13(22)12-5-2-6-24-12/h1-7,23H,8H2/t14-/m1/s1. The molecule has 1 aliphatic rings. The first kappa shape index (κ1) is 16.7. The second-order valence-corrected chi connectivity index (χ2v) is 6.06. The van der Waals surface area contributed by atoms with Crippen LogP contribution in [-0.4, -0.2) is 33.6 Å². The van der Waals surface area contributed by atoms with Crippen LogP contribution < -0.4 is 0 Å². The molecule has 0 saturated carbocycles. The summed E-state index contributed by atoms with van der Waals surface area (Å²) in [6.45, 7) is 0. The van der Waals surface area contributed by atoms with Crippen molar-refractivity contribution in [1.29, 1.82) is 0 Å². The molecule has 1 amide bonds. The van der Waals surface area contributed by atoms with E-state index in [4.69, 9.17) is 4.42 Å². The maximum atomic E-state index is 13.4. The van der Waals surface area contributed by atoms with Crippen molar-refractivity contribution >= 4 is 27.5 Å². The van der Waals surface area contributed by atoms with Gasteiger partial charge in [-0.25, -0.2) is 0 Å². The van der Waals surface area contributed by atoms with Gasteiger partial charge in [0.15, 0.2) is 5.76 Å². The molecule has 1 atom stereocenters. The summed E-state index contributed by atoms with van der Waals surface area (Å²) in [4.78, 5) is 12.3. The van der Waals surface area contributed by atoms with E-state index in [1.54, 1.807) is 24.3 Å². The van der Waals surface area contributed by atoms with Gasteiger partial charge in [-0.3, -0.25) is 4.79 Å². The molecular formula is C15H10BrF3N2O3. The number of furan rings is 1. The Labute approximate surface area is 142 Å². The third kappa shape index (κ3) is 2.73. The van der Waals surface area contributed by atoms with Crippen molar-refractivity contribution in [2.75, 3.05) is 0 Å². The molecule has 24 heavy (non-hydrogen) atoms. The van der Waals surface area contributed by atoms with E-state index in [0.717, 1.165) is 6.26 Å². The van der Waals surface area contributed by atoms with Crippen LogP contribution in [0.5, 0.6) is 0 Å². The minimum atomic E-state index is -5.09. The lowest BCUT2D eigenvalue weighted by atomic mass is 10.0. The van der Waals surface area contributed by atoms with Gasteiger partial charge in [-0.05, 0) is 29.8 Å². The molecular weight excluding hydrogens is 393 g/mol. The molecule has 3 rings (SSSR count). The van der Waals surface area contributed by atoms with Gasteiger partial charge in [-0.1, -0.05) is 28.1 Å². The zero-order chi connectivity index (χ0) is 17.5. The van der Waals surface area contributed by atoms with Gasteiger partial charge in [0.2, 0.25) is 0 Å². The summed E-state index contributed by atoms with van der Waals surface area (Å²) >= 11 is 3.22. The van der Waals surface area contributed by atoms with Crippen LogP contribution in [0.2, 0.25) is 0 Å². The molecule has 1 N–H and O–H groups in total. The predicted octanol–water partition coefficient (Wildman–Crippen LogP) is 3.54. The van der Waals surface area contributed by atoms with E-state index in [2.05, 4.69) is 21.0 Å². The van der Waals surface area contributed by atoms with Crippen molar-refractivity contribution in [3.63, 3.8) is 0 Å². The molecule has 0 spiro atoms. The van der Waals surface area contributed by atoms with Crippen LogP contribution in [0.15, 0.2) is 56.7 Å². The molecule has 5 nitrogen and oxygen atoms in total. The number of hydrogen-bond acceptors (Lipinski definition) is 4. The highest BCUT2D eigenvalue weighted by atomic mass is 79.9. The molecule has 1 aromatic carbocycles. The predicted molar refractivity (Wildman–Crippen MR) is 81.2 cm³/mol. The maximum absolute atomic E-state index is 13.4. The largest absolute Gasteiger partial charge is 0.459 e. The van der Waals surface area contributed by atoms with Crippen LogP contribution in [0.1, 0.15) is 22.5 Å². The number of nitrogens with zero attached hydrogens (tertiary/aromatic N) is 2. The highest BCUT2D eigenvalue weighted by molar-refractivity contribution is 9.10. The van der Waals surface area contributed by atoms with E-state index in [1.807, 2.05) is 0 Å². The van der Waals surface area contributed by atoms with Crippen LogP contribution in [0.3, 0.4) is 0 Å². The van der Waals surface area contributed by atoms with Gasteiger partial charge in [-0.2, -0.15) is 23.3 Å². The minimum absolute atomic E-state index is 0.0298. The Morgan fingerprint density at radius 1 is 1.33 bits per heavy atom. The number of hydrogen-bond donors (Lipinski definition) is 1. The van der Waals surface area contributed by atoms with E-state index < -0.39 is 24.2 Å². The van der Waals surface area contributed by atoms with Gasteiger partial charge in [0, 0.05) is 4.47 Å². The Bertz CT molecular complexity index is 805. The number of alkyl halides is 3.